The van der Waals surface area contributed by atoms with Crippen molar-refractivity contribution in [3.63, 3.8) is 0 Å². The lowest BCUT2D eigenvalue weighted by molar-refractivity contribution is -0.138. The molecule has 0 spiro atoms. The Bertz CT molecular complexity index is 580. The van der Waals surface area contributed by atoms with Gasteiger partial charge in [0.2, 0.25) is 0 Å². The summed E-state index contributed by atoms with van der Waals surface area (Å²) in [4.78, 5) is 16.0. The van der Waals surface area contributed by atoms with Gasteiger partial charge in [-0.05, 0) is 30.7 Å². The second-order valence-corrected chi connectivity index (χ2v) is 5.04. The summed E-state index contributed by atoms with van der Waals surface area (Å²) in [7, 11) is 0. The van der Waals surface area contributed by atoms with E-state index in [-0.39, 0.29) is 6.54 Å². The van der Waals surface area contributed by atoms with Crippen LogP contribution in [0.4, 0.5) is 0 Å². The van der Waals surface area contributed by atoms with E-state index in [4.69, 9.17) is 16.7 Å². The summed E-state index contributed by atoms with van der Waals surface area (Å²) in [5.41, 5.74) is 2.08. The first kappa shape index (κ1) is 13.9. The molecule has 2 aromatic rings. The molecule has 5 heteroatoms. The van der Waals surface area contributed by atoms with Crippen molar-refractivity contribution in [3.8, 4) is 0 Å². The van der Waals surface area contributed by atoms with E-state index in [0.717, 1.165) is 29.4 Å². The van der Waals surface area contributed by atoms with E-state index in [1.165, 1.54) is 0 Å². The number of halogens is 1. The maximum atomic E-state index is 10.9. The summed E-state index contributed by atoms with van der Waals surface area (Å²) in [5, 5.41) is 10.7. The van der Waals surface area contributed by atoms with Crippen LogP contribution >= 0.6 is 11.6 Å². The predicted octanol–water partition coefficient (Wildman–Crippen LogP) is 3.12. The molecule has 0 saturated heterocycles. The van der Waals surface area contributed by atoms with Gasteiger partial charge in [-0.3, -0.25) is 9.69 Å². The van der Waals surface area contributed by atoms with E-state index >= 15 is 0 Å². The number of aromatic nitrogens is 1. The second kappa shape index (κ2) is 6.08. The van der Waals surface area contributed by atoms with Crippen molar-refractivity contribution in [3.05, 3.63) is 35.0 Å². The Hall–Kier alpha value is -1.52. The molecule has 19 heavy (non-hydrogen) atoms. The van der Waals surface area contributed by atoms with Gasteiger partial charge in [0.15, 0.2) is 0 Å². The van der Waals surface area contributed by atoms with Gasteiger partial charge in [0, 0.05) is 28.7 Å². The fraction of sp³-hybridized carbons (Fsp3) is 0.357. The minimum Gasteiger partial charge on any atom is -0.480 e. The fourth-order valence-electron chi connectivity index (χ4n) is 2.25. The van der Waals surface area contributed by atoms with Crippen molar-refractivity contribution in [2.24, 2.45) is 0 Å². The van der Waals surface area contributed by atoms with E-state index in [1.54, 1.807) is 0 Å². The lowest BCUT2D eigenvalue weighted by atomic mass is 10.1. The molecular weight excluding hydrogens is 264 g/mol. The van der Waals surface area contributed by atoms with Crippen LogP contribution in [0, 0.1) is 0 Å². The van der Waals surface area contributed by atoms with E-state index in [0.29, 0.717) is 11.6 Å². The maximum Gasteiger partial charge on any atom is 0.317 e. The SMILES string of the molecule is CCCN(CC(=O)O)Cc1c[nH]c2cc(Cl)ccc12. The summed E-state index contributed by atoms with van der Waals surface area (Å²) in [6, 6.07) is 5.69. The Morgan fingerprint density at radius 2 is 2.26 bits per heavy atom. The van der Waals surface area contributed by atoms with E-state index in [2.05, 4.69) is 4.98 Å². The lowest BCUT2D eigenvalue weighted by Gasteiger charge is -2.18. The molecule has 0 saturated carbocycles. The van der Waals surface area contributed by atoms with Gasteiger partial charge in [-0.25, -0.2) is 0 Å². The van der Waals surface area contributed by atoms with Gasteiger partial charge in [0.1, 0.15) is 0 Å². The van der Waals surface area contributed by atoms with Crippen molar-refractivity contribution in [1.29, 1.82) is 0 Å². The number of hydrogen-bond donors (Lipinski definition) is 2. The number of nitrogens with one attached hydrogen (secondary N) is 1. The van der Waals surface area contributed by atoms with Crippen molar-refractivity contribution in [1.82, 2.24) is 9.88 Å². The molecule has 0 fully saturated rings. The van der Waals surface area contributed by atoms with Crippen molar-refractivity contribution in [2.75, 3.05) is 13.1 Å². The summed E-state index contributed by atoms with van der Waals surface area (Å²) in [6.45, 7) is 3.51. The van der Waals surface area contributed by atoms with Crippen LogP contribution in [-0.4, -0.2) is 34.0 Å². The minimum atomic E-state index is -0.795. The number of H-pyrrole nitrogens is 1. The van der Waals surface area contributed by atoms with Crippen molar-refractivity contribution >= 4 is 28.5 Å². The Morgan fingerprint density at radius 1 is 1.47 bits per heavy atom. The zero-order valence-electron chi connectivity index (χ0n) is 10.8. The first-order valence-electron chi connectivity index (χ1n) is 6.29. The average molecular weight is 281 g/mol. The highest BCUT2D eigenvalue weighted by Gasteiger charge is 2.12. The molecule has 0 unspecified atom stereocenters. The average Bonchev–Trinajstić information content (AvgIpc) is 2.71. The Labute approximate surface area is 117 Å². The number of rotatable bonds is 6. The maximum absolute atomic E-state index is 10.9. The molecule has 2 N–H and O–H groups in total. The Balaban J connectivity index is 2.21. The van der Waals surface area contributed by atoms with Crippen LogP contribution < -0.4 is 0 Å². The van der Waals surface area contributed by atoms with Crippen LogP contribution in [0.25, 0.3) is 10.9 Å². The smallest absolute Gasteiger partial charge is 0.317 e. The Kier molecular flexibility index (Phi) is 4.45. The summed E-state index contributed by atoms with van der Waals surface area (Å²) >= 11 is 5.94. The molecule has 102 valence electrons. The third-order valence-corrected chi connectivity index (χ3v) is 3.26. The van der Waals surface area contributed by atoms with Gasteiger partial charge < -0.3 is 10.1 Å². The number of aromatic amines is 1. The first-order valence-corrected chi connectivity index (χ1v) is 6.67. The normalized spacial score (nSPS) is 11.3. The molecule has 1 aromatic carbocycles. The number of fused-ring (bicyclic) bond motifs is 1. The number of carbonyl (C=O) groups is 1. The summed E-state index contributed by atoms with van der Waals surface area (Å²) in [6.07, 6.45) is 2.85. The van der Waals surface area contributed by atoms with Gasteiger partial charge >= 0.3 is 5.97 Å². The Morgan fingerprint density at radius 3 is 2.95 bits per heavy atom. The zero-order valence-corrected chi connectivity index (χ0v) is 11.6. The summed E-state index contributed by atoms with van der Waals surface area (Å²) in [5.74, 6) is -0.795. The monoisotopic (exact) mass is 280 g/mol. The molecule has 0 atom stereocenters. The highest BCUT2D eigenvalue weighted by molar-refractivity contribution is 6.31. The molecule has 0 aliphatic heterocycles. The zero-order chi connectivity index (χ0) is 13.8. The van der Waals surface area contributed by atoms with Crippen LogP contribution in [0.5, 0.6) is 0 Å². The van der Waals surface area contributed by atoms with Crippen LogP contribution in [0.2, 0.25) is 5.02 Å². The van der Waals surface area contributed by atoms with Crippen LogP contribution in [0.3, 0.4) is 0 Å². The van der Waals surface area contributed by atoms with Gasteiger partial charge in [-0.15, -0.1) is 0 Å². The largest absolute Gasteiger partial charge is 0.480 e. The highest BCUT2D eigenvalue weighted by atomic mass is 35.5. The number of carboxylic acids is 1. The third-order valence-electron chi connectivity index (χ3n) is 3.02. The number of nitrogens with zero attached hydrogens (tertiary/aromatic N) is 1. The van der Waals surface area contributed by atoms with Crippen molar-refractivity contribution < 1.29 is 9.90 Å². The van der Waals surface area contributed by atoms with Gasteiger partial charge in [0.05, 0.1) is 6.54 Å². The van der Waals surface area contributed by atoms with Crippen molar-refractivity contribution in [2.45, 2.75) is 19.9 Å². The standard InChI is InChI=1S/C14H17ClN2O2/c1-2-5-17(9-14(18)19)8-10-7-16-13-6-11(15)3-4-12(10)13/h3-4,6-7,16H,2,5,8-9H2,1H3,(H,18,19). The topological polar surface area (TPSA) is 56.3 Å². The molecule has 0 bridgehead atoms. The molecule has 0 radical (unpaired) electrons. The van der Waals surface area contributed by atoms with E-state index < -0.39 is 5.97 Å². The third kappa shape index (κ3) is 3.49. The molecule has 0 amide bonds. The van der Waals surface area contributed by atoms with Gasteiger partial charge in [-0.2, -0.15) is 0 Å². The van der Waals surface area contributed by atoms with Gasteiger partial charge in [0.25, 0.3) is 0 Å². The fourth-order valence-corrected chi connectivity index (χ4v) is 2.42. The second-order valence-electron chi connectivity index (χ2n) is 4.61. The quantitative estimate of drug-likeness (QED) is 0.855. The number of hydrogen-bond acceptors (Lipinski definition) is 2. The lowest BCUT2D eigenvalue weighted by Crippen LogP contribution is -2.29. The number of carboxylic acid groups (broad SMARTS) is 1. The van der Waals surface area contributed by atoms with Crippen LogP contribution in [0.1, 0.15) is 18.9 Å². The molecule has 2 rings (SSSR count). The van der Waals surface area contributed by atoms with Crippen LogP contribution in [-0.2, 0) is 11.3 Å². The molecule has 0 aliphatic rings. The molecule has 4 nitrogen and oxygen atoms in total. The molecule has 1 heterocycles. The molecule has 1 aromatic heterocycles. The van der Waals surface area contributed by atoms with Gasteiger partial charge in [-0.1, -0.05) is 24.6 Å². The summed E-state index contributed by atoms with van der Waals surface area (Å²) < 4.78 is 0. The first-order chi connectivity index (χ1) is 9.10. The minimum absolute atomic E-state index is 0.0636. The highest BCUT2D eigenvalue weighted by Crippen LogP contribution is 2.23. The van der Waals surface area contributed by atoms with E-state index in [9.17, 15) is 4.79 Å². The molecular formula is C14H17ClN2O2. The molecule has 0 aliphatic carbocycles. The number of aliphatic carboxylic acids is 1. The van der Waals surface area contributed by atoms with E-state index in [1.807, 2.05) is 36.2 Å². The predicted molar refractivity (Wildman–Crippen MR) is 76.5 cm³/mol. The number of benzene rings is 1. The van der Waals surface area contributed by atoms with Crippen LogP contribution in [0.15, 0.2) is 24.4 Å².